The van der Waals surface area contributed by atoms with E-state index in [1.54, 1.807) is 0 Å². The zero-order chi connectivity index (χ0) is 4.78. The number of nitrogens with zero attached hydrogens (tertiary/aromatic N) is 1. The maximum Gasteiger partial charge on any atom is 0.128 e. The van der Waals surface area contributed by atoms with E-state index in [0.29, 0.717) is 0 Å². The summed E-state index contributed by atoms with van der Waals surface area (Å²) in [6.45, 7) is 3.96. The molecular formula is C4H6ClN. The van der Waals surface area contributed by atoms with Crippen LogP contribution in [-0.2, 0) is 0 Å². The molecule has 0 radical (unpaired) electrons. The Morgan fingerprint density at radius 2 is 1.83 bits per heavy atom. The van der Waals surface area contributed by atoms with E-state index >= 15 is 0 Å². The molecule has 0 aromatic heterocycles. The van der Waals surface area contributed by atoms with Crippen molar-refractivity contribution < 1.29 is 0 Å². The van der Waals surface area contributed by atoms with Crippen molar-refractivity contribution in [2.75, 3.05) is 0 Å². The number of hydrogen-bond donors (Lipinski definition) is 0. The molecule has 0 saturated carbocycles. The first kappa shape index (κ1) is 4.13. The molecule has 1 aliphatic heterocycles. The van der Waals surface area contributed by atoms with Crippen LogP contribution in [-0.4, -0.2) is 10.7 Å². The molecule has 0 unspecified atom stereocenters. The fourth-order valence-corrected chi connectivity index (χ4v) is 0.429. The summed E-state index contributed by atoms with van der Waals surface area (Å²) in [6.07, 6.45) is 0. The maximum absolute atomic E-state index is 5.43. The van der Waals surface area contributed by atoms with Crippen molar-refractivity contribution in [3.63, 3.8) is 0 Å². The molecule has 0 aromatic rings. The molecule has 1 rings (SSSR count). The maximum atomic E-state index is 5.43. The lowest BCUT2D eigenvalue weighted by atomic mass is 10.2. The fourth-order valence-electron chi connectivity index (χ4n) is 0.217. The average Bonchev–Trinajstić information content (AvgIpc) is 1.73. The van der Waals surface area contributed by atoms with Crippen LogP contribution in [0, 0.1) is 0 Å². The van der Waals surface area contributed by atoms with Crippen LogP contribution >= 0.6 is 11.6 Å². The summed E-state index contributed by atoms with van der Waals surface area (Å²) < 4.78 is 0. The van der Waals surface area contributed by atoms with Gasteiger partial charge in [-0.15, -0.1) is 0 Å². The van der Waals surface area contributed by atoms with Crippen molar-refractivity contribution in [3.8, 4) is 0 Å². The summed E-state index contributed by atoms with van der Waals surface area (Å²) in [7, 11) is 0. The molecule has 1 heterocycles. The molecule has 0 saturated heterocycles. The lowest BCUT2D eigenvalue weighted by molar-refractivity contribution is 0.829. The van der Waals surface area contributed by atoms with Crippen molar-refractivity contribution in [1.29, 1.82) is 0 Å². The first-order valence-corrected chi connectivity index (χ1v) is 2.26. The van der Waals surface area contributed by atoms with Crippen LogP contribution in [0.3, 0.4) is 0 Å². The minimum atomic E-state index is 0.0154. The van der Waals surface area contributed by atoms with E-state index in [1.165, 1.54) is 0 Å². The number of rotatable bonds is 0. The smallest absolute Gasteiger partial charge is 0.128 e. The SMILES string of the molecule is CC1(C)N=C1Cl. The lowest BCUT2D eigenvalue weighted by Crippen LogP contribution is -2.00. The van der Waals surface area contributed by atoms with Crippen molar-refractivity contribution in [2.45, 2.75) is 19.4 Å². The van der Waals surface area contributed by atoms with Gasteiger partial charge in [-0.1, -0.05) is 11.6 Å². The van der Waals surface area contributed by atoms with Crippen molar-refractivity contribution in [1.82, 2.24) is 0 Å². The molecule has 1 aliphatic rings. The third kappa shape index (κ3) is 0.432. The van der Waals surface area contributed by atoms with Crippen LogP contribution in [0.5, 0.6) is 0 Å². The highest BCUT2D eigenvalue weighted by molar-refractivity contribution is 6.71. The van der Waals surface area contributed by atoms with E-state index in [1.807, 2.05) is 13.8 Å². The normalized spacial score (nSPS) is 26.2. The van der Waals surface area contributed by atoms with Gasteiger partial charge in [0, 0.05) is 0 Å². The van der Waals surface area contributed by atoms with E-state index in [0.717, 1.165) is 5.17 Å². The van der Waals surface area contributed by atoms with Crippen LogP contribution in [0.2, 0.25) is 0 Å². The molecule has 2 heteroatoms. The molecule has 34 valence electrons. The summed E-state index contributed by atoms with van der Waals surface area (Å²) in [5, 5.41) is 0.752. The number of halogens is 1. The molecule has 1 nitrogen and oxygen atoms in total. The van der Waals surface area contributed by atoms with E-state index in [4.69, 9.17) is 11.6 Å². The van der Waals surface area contributed by atoms with Gasteiger partial charge in [0.05, 0.1) is 0 Å². The second kappa shape index (κ2) is 0.784. The van der Waals surface area contributed by atoms with Gasteiger partial charge >= 0.3 is 0 Å². The van der Waals surface area contributed by atoms with Crippen molar-refractivity contribution in [3.05, 3.63) is 0 Å². The highest BCUT2D eigenvalue weighted by atomic mass is 35.5. The summed E-state index contributed by atoms with van der Waals surface area (Å²) in [5.41, 5.74) is 0.0154. The van der Waals surface area contributed by atoms with E-state index in [9.17, 15) is 0 Å². The van der Waals surface area contributed by atoms with Crippen molar-refractivity contribution in [2.24, 2.45) is 4.99 Å². The van der Waals surface area contributed by atoms with Gasteiger partial charge in [-0.25, -0.2) is 0 Å². The topological polar surface area (TPSA) is 12.4 Å². The van der Waals surface area contributed by atoms with Gasteiger partial charge in [0.15, 0.2) is 0 Å². The Morgan fingerprint density at radius 3 is 1.83 bits per heavy atom. The molecule has 0 bridgehead atoms. The second-order valence-corrected chi connectivity index (χ2v) is 2.32. The van der Waals surface area contributed by atoms with Gasteiger partial charge in [-0.3, -0.25) is 4.99 Å². The zero-order valence-corrected chi connectivity index (χ0v) is 4.58. The molecule has 0 fully saturated rings. The summed E-state index contributed by atoms with van der Waals surface area (Å²) in [5.74, 6) is 0. The van der Waals surface area contributed by atoms with Crippen molar-refractivity contribution >= 4 is 16.8 Å². The average molecular weight is 104 g/mol. The first-order valence-electron chi connectivity index (χ1n) is 1.89. The van der Waals surface area contributed by atoms with E-state index in [-0.39, 0.29) is 5.54 Å². The van der Waals surface area contributed by atoms with E-state index < -0.39 is 0 Å². The Bertz CT molecular complexity index is 104. The predicted octanol–water partition coefficient (Wildman–Crippen LogP) is 1.42. The standard InChI is InChI=1S/C4H6ClN/c1-4(2)3(5)6-4/h1-2H3. The highest BCUT2D eigenvalue weighted by Crippen LogP contribution is 2.28. The second-order valence-electron chi connectivity index (χ2n) is 1.96. The Balaban J connectivity index is 2.53. The minimum Gasteiger partial charge on any atom is -0.262 e. The molecule has 0 spiro atoms. The van der Waals surface area contributed by atoms with Gasteiger partial charge in [-0.2, -0.15) is 0 Å². The fraction of sp³-hybridized carbons (Fsp3) is 0.750. The minimum absolute atomic E-state index is 0.0154. The third-order valence-corrected chi connectivity index (χ3v) is 1.38. The quantitative estimate of drug-likeness (QED) is 0.440. The van der Waals surface area contributed by atoms with Crippen LogP contribution in [0.1, 0.15) is 13.8 Å². The highest BCUT2D eigenvalue weighted by Gasteiger charge is 2.34. The van der Waals surface area contributed by atoms with Gasteiger partial charge in [0.2, 0.25) is 0 Å². The van der Waals surface area contributed by atoms with Crippen LogP contribution in [0.15, 0.2) is 4.99 Å². The zero-order valence-electron chi connectivity index (χ0n) is 3.83. The van der Waals surface area contributed by atoms with Gasteiger partial charge in [-0.05, 0) is 13.8 Å². The van der Waals surface area contributed by atoms with Gasteiger partial charge in [0.25, 0.3) is 0 Å². The predicted molar refractivity (Wildman–Crippen MR) is 27.4 cm³/mol. The monoisotopic (exact) mass is 103 g/mol. The van der Waals surface area contributed by atoms with Gasteiger partial charge < -0.3 is 0 Å². The lowest BCUT2D eigenvalue weighted by Gasteiger charge is -1.87. The van der Waals surface area contributed by atoms with Crippen LogP contribution in [0.4, 0.5) is 0 Å². The molecule has 0 aromatic carbocycles. The molecule has 0 N–H and O–H groups in total. The molecule has 0 aliphatic carbocycles. The first-order chi connectivity index (χ1) is 2.63. The van der Waals surface area contributed by atoms with Crippen LogP contribution in [0.25, 0.3) is 0 Å². The molecule has 0 amide bonds. The summed E-state index contributed by atoms with van der Waals surface area (Å²) in [6, 6.07) is 0. The largest absolute Gasteiger partial charge is 0.262 e. The van der Waals surface area contributed by atoms with Gasteiger partial charge in [0.1, 0.15) is 10.7 Å². The molecule has 6 heavy (non-hydrogen) atoms. The summed E-state index contributed by atoms with van der Waals surface area (Å²) in [4.78, 5) is 3.87. The Hall–Kier alpha value is -0.0400. The Morgan fingerprint density at radius 1 is 1.67 bits per heavy atom. The number of aliphatic imine (C=N–C) groups is 1. The number of hydrogen-bond acceptors (Lipinski definition) is 1. The Labute approximate surface area is 42.0 Å². The molecular weight excluding hydrogens is 97.5 g/mol. The summed E-state index contributed by atoms with van der Waals surface area (Å²) >= 11 is 5.43. The van der Waals surface area contributed by atoms with Crippen LogP contribution < -0.4 is 0 Å². The van der Waals surface area contributed by atoms with E-state index in [2.05, 4.69) is 4.99 Å². The third-order valence-electron chi connectivity index (χ3n) is 0.833. The molecule has 0 atom stereocenters. The Kier molecular flexibility index (Phi) is 0.539.